The van der Waals surface area contributed by atoms with E-state index < -0.39 is 12.7 Å². The summed E-state index contributed by atoms with van der Waals surface area (Å²) in [6, 6.07) is 31.3. The van der Waals surface area contributed by atoms with E-state index in [2.05, 4.69) is 80.6 Å². The number of hydrogen-bond donors (Lipinski definition) is 0. The van der Waals surface area contributed by atoms with Crippen LogP contribution in [-0.4, -0.2) is 7.12 Å². The highest BCUT2D eigenvalue weighted by Crippen LogP contribution is 2.48. The zero-order chi connectivity index (χ0) is 18.7. The minimum Gasteiger partial charge on any atom is -0.400 e. The molecule has 0 saturated carbocycles. The number of hydrogen-bond acceptors (Lipinski definition) is 2. The largest absolute Gasteiger partial charge is 0.495 e. The minimum absolute atomic E-state index is 0.0367. The summed E-state index contributed by atoms with van der Waals surface area (Å²) in [4.78, 5) is 0. The monoisotopic (exact) mass is 356 g/mol. The van der Waals surface area contributed by atoms with Crippen molar-refractivity contribution in [3.05, 3.63) is 102 Å². The molecular weight excluding hydrogens is 331 g/mol. The first-order chi connectivity index (χ1) is 13.2. The van der Waals surface area contributed by atoms with Gasteiger partial charge in [0.2, 0.25) is 0 Å². The van der Waals surface area contributed by atoms with Crippen molar-refractivity contribution in [1.82, 2.24) is 0 Å². The lowest BCUT2D eigenvalue weighted by Gasteiger charge is -2.49. The van der Waals surface area contributed by atoms with Gasteiger partial charge in [-0.1, -0.05) is 105 Å². The Balaban J connectivity index is 1.82. The van der Waals surface area contributed by atoms with Gasteiger partial charge in [0.25, 0.3) is 0 Å². The third-order valence-electron chi connectivity index (χ3n) is 5.76. The van der Waals surface area contributed by atoms with Crippen LogP contribution in [0.2, 0.25) is 0 Å². The van der Waals surface area contributed by atoms with E-state index in [1.807, 2.05) is 24.3 Å². The van der Waals surface area contributed by atoms with Crippen LogP contribution in [0.25, 0.3) is 0 Å². The Morgan fingerprint density at radius 2 is 1.37 bits per heavy atom. The lowest BCUT2D eigenvalue weighted by molar-refractivity contribution is -0.110. The smallest absolute Gasteiger partial charge is 0.400 e. The summed E-state index contributed by atoms with van der Waals surface area (Å²) in [7, 11) is -0.396. The fourth-order valence-electron chi connectivity index (χ4n) is 4.25. The summed E-state index contributed by atoms with van der Waals surface area (Å²) in [5, 5.41) is 0. The van der Waals surface area contributed by atoms with Crippen molar-refractivity contribution in [2.75, 3.05) is 0 Å². The van der Waals surface area contributed by atoms with Gasteiger partial charge in [0, 0.05) is 5.92 Å². The van der Waals surface area contributed by atoms with E-state index in [0.717, 1.165) is 11.9 Å². The minimum atomic E-state index is -0.402. The van der Waals surface area contributed by atoms with Crippen molar-refractivity contribution in [3.8, 4) is 0 Å². The van der Waals surface area contributed by atoms with Crippen LogP contribution >= 0.6 is 0 Å². The molecule has 136 valence electrons. The summed E-state index contributed by atoms with van der Waals surface area (Å²) in [5.74, 6) is 0.173. The Hall–Kier alpha value is -2.36. The lowest BCUT2D eigenvalue weighted by atomic mass is 9.67. The van der Waals surface area contributed by atoms with Gasteiger partial charge in [0.1, 0.15) is 0 Å². The molecule has 1 heterocycles. The van der Waals surface area contributed by atoms with Gasteiger partial charge in [-0.05, 0) is 23.0 Å². The van der Waals surface area contributed by atoms with E-state index >= 15 is 0 Å². The fourth-order valence-corrected chi connectivity index (χ4v) is 4.25. The highest BCUT2D eigenvalue weighted by Gasteiger charge is 2.50. The van der Waals surface area contributed by atoms with Crippen molar-refractivity contribution in [1.29, 1.82) is 0 Å². The van der Waals surface area contributed by atoms with E-state index in [4.69, 9.17) is 9.31 Å². The molecule has 3 heteroatoms. The highest BCUT2D eigenvalue weighted by atomic mass is 16.6. The third-order valence-corrected chi connectivity index (χ3v) is 5.76. The summed E-state index contributed by atoms with van der Waals surface area (Å²) in [6.45, 7) is 4.45. The second-order valence-corrected chi connectivity index (χ2v) is 7.23. The normalized spacial score (nSPS) is 25.3. The molecule has 0 N–H and O–H groups in total. The van der Waals surface area contributed by atoms with E-state index in [-0.39, 0.29) is 12.0 Å². The molecule has 0 aliphatic carbocycles. The van der Waals surface area contributed by atoms with Crippen LogP contribution in [0.3, 0.4) is 0 Å². The van der Waals surface area contributed by atoms with Gasteiger partial charge in [-0.3, -0.25) is 0 Å². The van der Waals surface area contributed by atoms with E-state index in [0.29, 0.717) is 0 Å². The lowest BCUT2D eigenvalue weighted by Crippen LogP contribution is -2.55. The number of rotatable bonds is 4. The van der Waals surface area contributed by atoms with Crippen LogP contribution in [0.1, 0.15) is 37.5 Å². The van der Waals surface area contributed by atoms with Gasteiger partial charge in [-0.15, -0.1) is 0 Å². The van der Waals surface area contributed by atoms with E-state index in [1.165, 1.54) is 11.1 Å². The van der Waals surface area contributed by atoms with Crippen molar-refractivity contribution in [2.45, 2.75) is 32.0 Å². The fraction of sp³-hybridized carbons (Fsp3) is 0.250. The van der Waals surface area contributed by atoms with Crippen LogP contribution in [0.15, 0.2) is 91.0 Å². The topological polar surface area (TPSA) is 18.5 Å². The second-order valence-electron chi connectivity index (χ2n) is 7.23. The van der Waals surface area contributed by atoms with E-state index in [9.17, 15) is 0 Å². The Kier molecular flexibility index (Phi) is 5.15. The van der Waals surface area contributed by atoms with Gasteiger partial charge in [0.05, 0.1) is 11.7 Å². The summed E-state index contributed by atoms with van der Waals surface area (Å²) in [5.41, 5.74) is 3.06. The van der Waals surface area contributed by atoms with Crippen molar-refractivity contribution >= 4 is 12.6 Å². The maximum absolute atomic E-state index is 6.74. The summed E-state index contributed by atoms with van der Waals surface area (Å²) in [6.07, 6.45) is 0.846. The highest BCUT2D eigenvalue weighted by molar-refractivity contribution is 6.61. The van der Waals surface area contributed by atoms with Gasteiger partial charge in [-0.2, -0.15) is 0 Å². The predicted octanol–water partition coefficient (Wildman–Crippen LogP) is 5.11. The van der Waals surface area contributed by atoms with Gasteiger partial charge in [0.15, 0.2) is 0 Å². The molecule has 1 aliphatic heterocycles. The van der Waals surface area contributed by atoms with Gasteiger partial charge < -0.3 is 9.31 Å². The molecule has 3 atom stereocenters. The SMILES string of the molecule is CC[C@@]1(c2ccccc2)OB(c2ccccc2)O[C@@H](c2ccccc2)[C@H]1C. The molecule has 0 bridgehead atoms. The molecule has 2 nitrogen and oxygen atoms in total. The Bertz CT molecular complexity index is 853. The molecule has 1 aliphatic rings. The molecule has 0 radical (unpaired) electrons. The van der Waals surface area contributed by atoms with Gasteiger partial charge in [-0.25, -0.2) is 0 Å². The first-order valence-electron chi connectivity index (χ1n) is 9.73. The molecule has 0 aromatic heterocycles. The molecular formula is C24H25BO2. The molecule has 27 heavy (non-hydrogen) atoms. The second kappa shape index (κ2) is 7.71. The van der Waals surface area contributed by atoms with Crippen molar-refractivity contribution in [2.24, 2.45) is 5.92 Å². The van der Waals surface area contributed by atoms with Crippen molar-refractivity contribution < 1.29 is 9.31 Å². The summed E-state index contributed by atoms with van der Waals surface area (Å²) < 4.78 is 13.3. The number of benzene rings is 3. The Morgan fingerprint density at radius 3 is 1.96 bits per heavy atom. The standard InChI is InChI=1S/C24H25BO2/c1-3-24(21-15-9-5-10-16-21)19(2)23(20-13-7-4-8-14-20)26-25(27-24)22-17-11-6-12-18-22/h4-19,23H,3H2,1-2H3/t19-,23-,24-/m1/s1. The average Bonchev–Trinajstić information content (AvgIpc) is 2.76. The Morgan fingerprint density at radius 1 is 0.815 bits per heavy atom. The maximum atomic E-state index is 6.74. The first kappa shape index (κ1) is 18.0. The molecule has 3 aromatic rings. The molecule has 4 rings (SSSR count). The maximum Gasteiger partial charge on any atom is 0.495 e. The first-order valence-corrected chi connectivity index (χ1v) is 9.73. The zero-order valence-electron chi connectivity index (χ0n) is 15.9. The predicted molar refractivity (Wildman–Crippen MR) is 111 cm³/mol. The zero-order valence-corrected chi connectivity index (χ0v) is 15.9. The molecule has 0 unspecified atom stereocenters. The van der Waals surface area contributed by atoms with Crippen LogP contribution in [0, 0.1) is 5.92 Å². The van der Waals surface area contributed by atoms with Crippen LogP contribution in [0.5, 0.6) is 0 Å². The van der Waals surface area contributed by atoms with Gasteiger partial charge >= 0.3 is 7.12 Å². The summed E-state index contributed by atoms with van der Waals surface area (Å²) >= 11 is 0. The van der Waals surface area contributed by atoms with Crippen LogP contribution in [0.4, 0.5) is 0 Å². The van der Waals surface area contributed by atoms with E-state index in [1.54, 1.807) is 0 Å². The van der Waals surface area contributed by atoms with Crippen LogP contribution in [-0.2, 0) is 14.9 Å². The molecule has 0 amide bonds. The molecule has 3 aromatic carbocycles. The third kappa shape index (κ3) is 3.33. The molecule has 1 fully saturated rings. The molecule has 1 saturated heterocycles. The van der Waals surface area contributed by atoms with Crippen LogP contribution < -0.4 is 5.46 Å². The Labute approximate surface area is 162 Å². The average molecular weight is 356 g/mol. The van der Waals surface area contributed by atoms with Crippen molar-refractivity contribution in [3.63, 3.8) is 0 Å². The quantitative estimate of drug-likeness (QED) is 0.605. The molecule has 0 spiro atoms.